The van der Waals surface area contributed by atoms with Crippen LogP contribution in [0, 0.1) is 0 Å². The molecule has 1 aromatic carbocycles. The zero-order valence-corrected chi connectivity index (χ0v) is 10.2. The maximum absolute atomic E-state index is 6.14. The van der Waals surface area contributed by atoms with Crippen LogP contribution in [0.3, 0.4) is 0 Å². The molecule has 5 N–H and O–H groups in total. The summed E-state index contributed by atoms with van der Waals surface area (Å²) in [6.07, 6.45) is 4.41. The van der Waals surface area contributed by atoms with Crippen LogP contribution in [0.1, 0.15) is 37.4 Å². The minimum Gasteiger partial charge on any atom is -0.399 e. The smallest absolute Gasteiger partial charge is 0.0812 e. The van der Waals surface area contributed by atoms with Crippen LogP contribution in [0.25, 0.3) is 0 Å². The monoisotopic (exact) mass is 231 g/mol. The van der Waals surface area contributed by atoms with E-state index in [2.05, 4.69) is 11.9 Å². The Balaban J connectivity index is 1.90. The van der Waals surface area contributed by atoms with E-state index in [0.29, 0.717) is 6.04 Å². The predicted octanol–water partition coefficient (Wildman–Crippen LogP) is 2.31. The van der Waals surface area contributed by atoms with Gasteiger partial charge in [0.1, 0.15) is 0 Å². The van der Waals surface area contributed by atoms with Crippen molar-refractivity contribution in [3.8, 4) is 0 Å². The van der Waals surface area contributed by atoms with Crippen molar-refractivity contribution >= 4 is 5.69 Å². The van der Waals surface area contributed by atoms with Crippen LogP contribution in [-0.4, -0.2) is 6.04 Å². The molecule has 1 aromatic rings. The molecule has 1 saturated carbocycles. The molecular formula is C14H21N3. The first-order valence-corrected chi connectivity index (χ1v) is 6.19. The number of rotatable bonds is 3. The van der Waals surface area contributed by atoms with Gasteiger partial charge in [0.25, 0.3) is 0 Å². The van der Waals surface area contributed by atoms with E-state index < -0.39 is 0 Å². The number of anilines is 1. The first kappa shape index (κ1) is 12.1. The van der Waals surface area contributed by atoms with E-state index >= 15 is 0 Å². The lowest BCUT2D eigenvalue weighted by Gasteiger charge is -2.27. The number of nitrogen functional groups attached to an aromatic ring is 1. The number of nitrogens with two attached hydrogens (primary N) is 2. The molecule has 0 amide bonds. The molecule has 0 aromatic heterocycles. The quantitative estimate of drug-likeness (QED) is 0.425. The van der Waals surface area contributed by atoms with Crippen LogP contribution >= 0.6 is 0 Å². The number of benzene rings is 1. The number of hydrogen-bond acceptors (Lipinski definition) is 3. The van der Waals surface area contributed by atoms with Crippen LogP contribution in [0.15, 0.2) is 36.4 Å². The maximum atomic E-state index is 6.14. The van der Waals surface area contributed by atoms with E-state index in [1.807, 2.05) is 24.3 Å². The zero-order valence-electron chi connectivity index (χ0n) is 10.2. The molecule has 0 spiro atoms. The van der Waals surface area contributed by atoms with Gasteiger partial charge in [0, 0.05) is 11.7 Å². The van der Waals surface area contributed by atoms with Crippen LogP contribution in [-0.2, 0) is 0 Å². The second kappa shape index (κ2) is 5.34. The molecule has 1 aliphatic carbocycles. The van der Waals surface area contributed by atoms with Crippen LogP contribution in [0.2, 0.25) is 0 Å². The highest BCUT2D eigenvalue weighted by Crippen LogP contribution is 2.23. The van der Waals surface area contributed by atoms with Crippen molar-refractivity contribution in [1.82, 2.24) is 5.32 Å². The third kappa shape index (κ3) is 3.32. The van der Waals surface area contributed by atoms with E-state index in [9.17, 15) is 0 Å². The Labute approximate surface area is 103 Å². The Bertz CT molecular complexity index is 373. The average Bonchev–Trinajstić information content (AvgIpc) is 2.33. The molecule has 0 radical (unpaired) electrons. The summed E-state index contributed by atoms with van der Waals surface area (Å²) in [6, 6.07) is 8.25. The zero-order chi connectivity index (χ0) is 12.3. The number of nitrogens with one attached hydrogen (secondary N) is 1. The normalized spacial score (nSPS) is 19.2. The highest BCUT2D eigenvalue weighted by molar-refractivity contribution is 5.39. The molecule has 17 heavy (non-hydrogen) atoms. The van der Waals surface area contributed by atoms with Gasteiger partial charge in [0.2, 0.25) is 0 Å². The third-order valence-corrected chi connectivity index (χ3v) is 3.40. The van der Waals surface area contributed by atoms with E-state index in [1.165, 1.54) is 5.57 Å². The van der Waals surface area contributed by atoms with Gasteiger partial charge >= 0.3 is 0 Å². The molecule has 1 aliphatic rings. The fraction of sp³-hybridized carbons (Fsp3) is 0.429. The highest BCUT2D eigenvalue weighted by Gasteiger charge is 2.17. The molecular weight excluding hydrogens is 210 g/mol. The second-order valence-electron chi connectivity index (χ2n) is 4.84. The standard InChI is InChI=1S/C14H21N3/c1-10-2-8-13(9-3-10)17-14(16)11-4-6-12(15)7-5-11/h4-7,13-14,17H,1-3,8-9,15-16H2. The fourth-order valence-corrected chi connectivity index (χ4v) is 2.25. The summed E-state index contributed by atoms with van der Waals surface area (Å²) >= 11 is 0. The summed E-state index contributed by atoms with van der Waals surface area (Å²) in [5.74, 6) is 0. The van der Waals surface area contributed by atoms with Crippen molar-refractivity contribution in [2.45, 2.75) is 37.9 Å². The van der Waals surface area contributed by atoms with E-state index in [-0.39, 0.29) is 6.17 Å². The lowest BCUT2D eigenvalue weighted by Crippen LogP contribution is -2.38. The maximum Gasteiger partial charge on any atom is 0.0812 e. The summed E-state index contributed by atoms with van der Waals surface area (Å²) in [6.45, 7) is 4.02. The first-order valence-electron chi connectivity index (χ1n) is 6.19. The summed E-state index contributed by atoms with van der Waals surface area (Å²) < 4.78 is 0. The minimum absolute atomic E-state index is 0.105. The molecule has 3 nitrogen and oxygen atoms in total. The van der Waals surface area contributed by atoms with Gasteiger partial charge in [-0.1, -0.05) is 24.3 Å². The summed E-state index contributed by atoms with van der Waals surface area (Å²) in [4.78, 5) is 0. The summed E-state index contributed by atoms with van der Waals surface area (Å²) in [5, 5.41) is 3.47. The van der Waals surface area contributed by atoms with Gasteiger partial charge in [-0.25, -0.2) is 0 Å². The van der Waals surface area contributed by atoms with Gasteiger partial charge in [-0.2, -0.15) is 0 Å². The number of allylic oxidation sites excluding steroid dienone is 1. The van der Waals surface area contributed by atoms with E-state index in [1.54, 1.807) is 0 Å². The van der Waals surface area contributed by atoms with Crippen molar-refractivity contribution in [3.63, 3.8) is 0 Å². The molecule has 0 saturated heterocycles. The van der Waals surface area contributed by atoms with Crippen molar-refractivity contribution in [1.29, 1.82) is 0 Å². The molecule has 2 rings (SSSR count). The largest absolute Gasteiger partial charge is 0.399 e. The summed E-state index contributed by atoms with van der Waals surface area (Å²) in [5.41, 5.74) is 15.0. The Hall–Kier alpha value is -1.32. The molecule has 0 aliphatic heterocycles. The first-order chi connectivity index (χ1) is 8.15. The molecule has 1 atom stereocenters. The van der Waals surface area contributed by atoms with Crippen LogP contribution in [0.4, 0.5) is 5.69 Å². The molecule has 0 heterocycles. The van der Waals surface area contributed by atoms with Crippen molar-refractivity contribution in [2.24, 2.45) is 5.73 Å². The fourth-order valence-electron chi connectivity index (χ4n) is 2.25. The molecule has 0 bridgehead atoms. The van der Waals surface area contributed by atoms with Gasteiger partial charge in [-0.15, -0.1) is 0 Å². The summed E-state index contributed by atoms with van der Waals surface area (Å²) in [7, 11) is 0. The lowest BCUT2D eigenvalue weighted by atomic mass is 9.91. The van der Waals surface area contributed by atoms with Crippen molar-refractivity contribution < 1.29 is 0 Å². The van der Waals surface area contributed by atoms with Gasteiger partial charge in [0.05, 0.1) is 6.17 Å². The molecule has 92 valence electrons. The van der Waals surface area contributed by atoms with E-state index in [4.69, 9.17) is 11.5 Å². The Morgan fingerprint density at radius 2 is 1.76 bits per heavy atom. The van der Waals surface area contributed by atoms with Gasteiger partial charge in [-0.05, 0) is 43.4 Å². The predicted molar refractivity (Wildman–Crippen MR) is 72.3 cm³/mol. The average molecular weight is 231 g/mol. The van der Waals surface area contributed by atoms with Crippen LogP contribution < -0.4 is 16.8 Å². The number of hydrogen-bond donors (Lipinski definition) is 3. The van der Waals surface area contributed by atoms with Crippen molar-refractivity contribution in [3.05, 3.63) is 42.0 Å². The van der Waals surface area contributed by atoms with Crippen LogP contribution in [0.5, 0.6) is 0 Å². The Kier molecular flexibility index (Phi) is 3.82. The Morgan fingerprint density at radius 1 is 1.18 bits per heavy atom. The van der Waals surface area contributed by atoms with Gasteiger partial charge < -0.3 is 11.5 Å². The molecule has 3 heteroatoms. The SMILES string of the molecule is C=C1CCC(NC(N)c2ccc(N)cc2)CC1. The van der Waals surface area contributed by atoms with Gasteiger partial charge in [-0.3, -0.25) is 5.32 Å². The molecule has 1 unspecified atom stereocenters. The third-order valence-electron chi connectivity index (χ3n) is 3.40. The van der Waals surface area contributed by atoms with E-state index in [0.717, 1.165) is 36.9 Å². The van der Waals surface area contributed by atoms with Gasteiger partial charge in [0.15, 0.2) is 0 Å². The highest BCUT2D eigenvalue weighted by atomic mass is 15.0. The Morgan fingerprint density at radius 3 is 2.35 bits per heavy atom. The minimum atomic E-state index is -0.105. The van der Waals surface area contributed by atoms with Crippen molar-refractivity contribution in [2.75, 3.05) is 5.73 Å². The second-order valence-corrected chi connectivity index (χ2v) is 4.84. The lowest BCUT2D eigenvalue weighted by molar-refractivity contribution is 0.375. The topological polar surface area (TPSA) is 64.1 Å². The molecule has 1 fully saturated rings.